The first-order chi connectivity index (χ1) is 6.70. The molecule has 0 saturated carbocycles. The normalized spacial score (nSPS) is 19.8. The van der Waals surface area contributed by atoms with Crippen LogP contribution in [0.15, 0.2) is 21.7 Å². The molecule has 0 aliphatic carbocycles. The van der Waals surface area contributed by atoms with Gasteiger partial charge in [-0.1, -0.05) is 0 Å². The number of thiophene rings is 1. The van der Waals surface area contributed by atoms with Gasteiger partial charge in [-0.15, -0.1) is 11.3 Å². The van der Waals surface area contributed by atoms with Crippen molar-refractivity contribution in [1.29, 1.82) is 0 Å². The van der Waals surface area contributed by atoms with Crippen molar-refractivity contribution < 1.29 is 0 Å². The fourth-order valence-electron chi connectivity index (χ4n) is 1.55. The third-order valence-electron chi connectivity index (χ3n) is 2.21. The summed E-state index contributed by atoms with van der Waals surface area (Å²) in [6, 6.07) is 0.163. The second-order valence-electron chi connectivity index (χ2n) is 3.19. The zero-order chi connectivity index (χ0) is 10.1. The van der Waals surface area contributed by atoms with Crippen LogP contribution in [0.25, 0.3) is 0 Å². The number of nitrogens with one attached hydrogen (secondary N) is 1. The van der Waals surface area contributed by atoms with E-state index in [-0.39, 0.29) is 6.04 Å². The molecule has 0 amide bonds. The maximum absolute atomic E-state index is 4.39. The maximum Gasteiger partial charge on any atom is 0.0986 e. The molecule has 1 aromatic rings. The van der Waals surface area contributed by atoms with Crippen molar-refractivity contribution in [3.63, 3.8) is 0 Å². The summed E-state index contributed by atoms with van der Waals surface area (Å²) >= 11 is 5.43. The van der Waals surface area contributed by atoms with Crippen molar-refractivity contribution in [2.24, 2.45) is 4.99 Å². The molecule has 1 atom stereocenters. The largest absolute Gasteiger partial charge is 0.353 e. The monoisotopic (exact) mass is 270 g/mol. The van der Waals surface area contributed by atoms with E-state index >= 15 is 0 Å². The number of aliphatic imine (C=N–C) groups is 1. The van der Waals surface area contributed by atoms with Gasteiger partial charge < -0.3 is 5.32 Å². The third kappa shape index (κ3) is 1.64. The van der Waals surface area contributed by atoms with Crippen molar-refractivity contribution in [2.45, 2.75) is 19.9 Å². The highest BCUT2D eigenvalue weighted by Crippen LogP contribution is 2.38. The lowest BCUT2D eigenvalue weighted by Gasteiger charge is -2.11. The van der Waals surface area contributed by atoms with E-state index in [1.54, 1.807) is 6.34 Å². The zero-order valence-electron chi connectivity index (χ0n) is 8.04. The van der Waals surface area contributed by atoms with Crippen LogP contribution in [0.5, 0.6) is 0 Å². The SMILES string of the molecule is Cc1sc(C)c(C2C=CNC=N2)c1Br. The van der Waals surface area contributed by atoms with E-state index in [0.29, 0.717) is 0 Å². The van der Waals surface area contributed by atoms with Crippen LogP contribution >= 0.6 is 27.3 Å². The van der Waals surface area contributed by atoms with Gasteiger partial charge in [-0.2, -0.15) is 0 Å². The van der Waals surface area contributed by atoms with Crippen molar-refractivity contribution in [3.8, 4) is 0 Å². The summed E-state index contributed by atoms with van der Waals surface area (Å²) in [6.45, 7) is 4.27. The Balaban J connectivity index is 2.44. The Kier molecular flexibility index (Phi) is 2.74. The molecule has 0 aromatic carbocycles. The maximum atomic E-state index is 4.39. The molecule has 2 heterocycles. The number of halogens is 1. The molecule has 74 valence electrons. The first-order valence-electron chi connectivity index (χ1n) is 4.40. The Labute approximate surface area is 95.9 Å². The van der Waals surface area contributed by atoms with E-state index in [9.17, 15) is 0 Å². The van der Waals surface area contributed by atoms with E-state index in [1.807, 2.05) is 17.5 Å². The molecule has 0 bridgehead atoms. The van der Waals surface area contributed by atoms with Crippen molar-refractivity contribution in [1.82, 2.24) is 5.32 Å². The summed E-state index contributed by atoms with van der Waals surface area (Å²) in [6.07, 6.45) is 5.74. The fourth-order valence-corrected chi connectivity index (χ4v) is 3.44. The molecule has 0 spiro atoms. The average molecular weight is 271 g/mol. The van der Waals surface area contributed by atoms with Crippen LogP contribution in [-0.4, -0.2) is 6.34 Å². The molecule has 2 nitrogen and oxygen atoms in total. The van der Waals surface area contributed by atoms with E-state index in [1.165, 1.54) is 19.8 Å². The van der Waals surface area contributed by atoms with Gasteiger partial charge in [0.2, 0.25) is 0 Å². The molecule has 1 aliphatic heterocycles. The van der Waals surface area contributed by atoms with Crippen molar-refractivity contribution in [3.05, 3.63) is 32.1 Å². The number of aryl methyl sites for hydroxylation is 2. The first-order valence-corrected chi connectivity index (χ1v) is 6.01. The van der Waals surface area contributed by atoms with Gasteiger partial charge in [0.25, 0.3) is 0 Å². The first kappa shape index (κ1) is 9.93. The second kappa shape index (κ2) is 3.87. The number of rotatable bonds is 1. The summed E-state index contributed by atoms with van der Waals surface area (Å²) in [5, 5.41) is 2.95. The Bertz CT molecular complexity index is 394. The van der Waals surface area contributed by atoms with Gasteiger partial charge in [-0.3, -0.25) is 4.99 Å². The van der Waals surface area contributed by atoms with Crippen LogP contribution in [0.3, 0.4) is 0 Å². The van der Waals surface area contributed by atoms with E-state index in [0.717, 1.165) is 0 Å². The molecule has 4 heteroatoms. The van der Waals surface area contributed by atoms with Crippen LogP contribution in [-0.2, 0) is 0 Å². The predicted molar refractivity (Wildman–Crippen MR) is 65.0 cm³/mol. The topological polar surface area (TPSA) is 24.4 Å². The van der Waals surface area contributed by atoms with E-state index in [4.69, 9.17) is 0 Å². The van der Waals surface area contributed by atoms with E-state index < -0.39 is 0 Å². The third-order valence-corrected chi connectivity index (χ3v) is 4.53. The van der Waals surface area contributed by atoms with Crippen LogP contribution in [0, 0.1) is 13.8 Å². The van der Waals surface area contributed by atoms with Crippen LogP contribution < -0.4 is 5.32 Å². The summed E-state index contributed by atoms with van der Waals surface area (Å²) in [4.78, 5) is 7.04. The van der Waals surface area contributed by atoms with E-state index in [2.05, 4.69) is 46.2 Å². The Morgan fingerprint density at radius 2 is 2.21 bits per heavy atom. The molecule has 1 N–H and O–H groups in total. The lowest BCUT2D eigenvalue weighted by Crippen LogP contribution is -2.09. The molecular weight excluding hydrogens is 260 g/mol. The van der Waals surface area contributed by atoms with Gasteiger partial charge in [-0.05, 0) is 35.9 Å². The minimum atomic E-state index is 0.163. The molecule has 0 saturated heterocycles. The second-order valence-corrected chi connectivity index (χ2v) is 5.41. The standard InChI is InChI=1S/C10H11BrN2S/c1-6-9(10(11)7(2)14-6)8-3-4-12-5-13-8/h3-5,8H,1-2H3,(H,12,13). The molecule has 0 radical (unpaired) electrons. The highest BCUT2D eigenvalue weighted by Gasteiger charge is 2.18. The predicted octanol–water partition coefficient (Wildman–Crippen LogP) is 3.31. The minimum absolute atomic E-state index is 0.163. The van der Waals surface area contributed by atoms with Gasteiger partial charge in [0.1, 0.15) is 0 Å². The lowest BCUT2D eigenvalue weighted by atomic mass is 10.1. The van der Waals surface area contributed by atoms with Gasteiger partial charge in [0, 0.05) is 26.0 Å². The van der Waals surface area contributed by atoms with Gasteiger partial charge in [0.05, 0.1) is 12.4 Å². The van der Waals surface area contributed by atoms with Crippen LogP contribution in [0.2, 0.25) is 0 Å². The van der Waals surface area contributed by atoms with Gasteiger partial charge >= 0.3 is 0 Å². The molecule has 0 fully saturated rings. The summed E-state index contributed by atoms with van der Waals surface area (Å²) in [5.41, 5.74) is 1.29. The Morgan fingerprint density at radius 3 is 2.71 bits per heavy atom. The van der Waals surface area contributed by atoms with Crippen LogP contribution in [0.4, 0.5) is 0 Å². The highest BCUT2D eigenvalue weighted by molar-refractivity contribution is 9.10. The zero-order valence-corrected chi connectivity index (χ0v) is 10.4. The fraction of sp³-hybridized carbons (Fsp3) is 0.300. The summed E-state index contributed by atoms with van der Waals surface area (Å²) < 4.78 is 1.20. The Hall–Kier alpha value is -0.610. The summed E-state index contributed by atoms with van der Waals surface area (Å²) in [5.74, 6) is 0. The molecule has 14 heavy (non-hydrogen) atoms. The molecule has 1 aliphatic rings. The van der Waals surface area contributed by atoms with Crippen LogP contribution in [0.1, 0.15) is 21.4 Å². The lowest BCUT2D eigenvalue weighted by molar-refractivity contribution is 0.876. The minimum Gasteiger partial charge on any atom is -0.353 e. The van der Waals surface area contributed by atoms with Crippen molar-refractivity contribution >= 4 is 33.6 Å². The smallest absolute Gasteiger partial charge is 0.0986 e. The van der Waals surface area contributed by atoms with Crippen molar-refractivity contribution in [2.75, 3.05) is 0 Å². The number of hydrogen-bond donors (Lipinski definition) is 1. The molecular formula is C10H11BrN2S. The molecule has 1 aromatic heterocycles. The Morgan fingerprint density at radius 1 is 1.43 bits per heavy atom. The molecule has 1 unspecified atom stereocenters. The highest BCUT2D eigenvalue weighted by atomic mass is 79.9. The summed E-state index contributed by atoms with van der Waals surface area (Å²) in [7, 11) is 0. The van der Waals surface area contributed by atoms with Gasteiger partial charge in [0.15, 0.2) is 0 Å². The number of nitrogens with zero attached hydrogens (tertiary/aromatic N) is 1. The number of hydrogen-bond acceptors (Lipinski definition) is 3. The average Bonchev–Trinajstić information content (AvgIpc) is 2.43. The molecule has 2 rings (SSSR count). The quantitative estimate of drug-likeness (QED) is 0.832. The van der Waals surface area contributed by atoms with Gasteiger partial charge in [-0.25, -0.2) is 0 Å².